The molecular weight excluding hydrogens is 226 g/mol. The van der Waals surface area contributed by atoms with Gasteiger partial charge in [-0.15, -0.1) is 0 Å². The molecule has 0 aliphatic rings. The molecule has 0 radical (unpaired) electrons. The SMILES string of the molecule is Cn1cc(NC(=O)O)cc1-c1ncc(C=O)o1. The minimum absolute atomic E-state index is 0.119. The first kappa shape index (κ1) is 10.9. The molecule has 2 aromatic rings. The fourth-order valence-electron chi connectivity index (χ4n) is 1.43. The average Bonchev–Trinajstić information content (AvgIpc) is 2.83. The second-order valence-corrected chi connectivity index (χ2v) is 3.34. The van der Waals surface area contributed by atoms with E-state index >= 15 is 0 Å². The van der Waals surface area contributed by atoms with Crippen LogP contribution in [0.1, 0.15) is 10.6 Å². The summed E-state index contributed by atoms with van der Waals surface area (Å²) >= 11 is 0. The number of carboxylic acid groups (broad SMARTS) is 1. The maximum absolute atomic E-state index is 10.5. The summed E-state index contributed by atoms with van der Waals surface area (Å²) < 4.78 is 6.79. The Kier molecular flexibility index (Phi) is 2.65. The van der Waals surface area contributed by atoms with Gasteiger partial charge >= 0.3 is 6.09 Å². The van der Waals surface area contributed by atoms with Gasteiger partial charge in [-0.1, -0.05) is 0 Å². The zero-order valence-electron chi connectivity index (χ0n) is 8.88. The van der Waals surface area contributed by atoms with Gasteiger partial charge in [-0.2, -0.15) is 0 Å². The molecule has 2 N–H and O–H groups in total. The van der Waals surface area contributed by atoms with Crippen LogP contribution in [0.25, 0.3) is 11.6 Å². The van der Waals surface area contributed by atoms with Crippen LogP contribution in [0.2, 0.25) is 0 Å². The molecule has 0 bridgehead atoms. The highest BCUT2D eigenvalue weighted by atomic mass is 16.4. The quantitative estimate of drug-likeness (QED) is 0.787. The van der Waals surface area contributed by atoms with E-state index < -0.39 is 6.09 Å². The van der Waals surface area contributed by atoms with Crippen molar-refractivity contribution in [2.45, 2.75) is 0 Å². The molecule has 0 saturated carbocycles. The zero-order valence-corrected chi connectivity index (χ0v) is 8.88. The molecule has 2 rings (SSSR count). The number of oxazole rings is 1. The van der Waals surface area contributed by atoms with Crippen molar-refractivity contribution in [3.05, 3.63) is 24.2 Å². The molecule has 1 amide bonds. The lowest BCUT2D eigenvalue weighted by Gasteiger charge is -1.95. The van der Waals surface area contributed by atoms with Crippen LogP contribution < -0.4 is 5.32 Å². The van der Waals surface area contributed by atoms with E-state index in [9.17, 15) is 9.59 Å². The van der Waals surface area contributed by atoms with Crippen LogP contribution in [0, 0.1) is 0 Å². The molecule has 0 fully saturated rings. The van der Waals surface area contributed by atoms with Gasteiger partial charge in [-0.3, -0.25) is 10.1 Å². The monoisotopic (exact) mass is 235 g/mol. The smallest absolute Gasteiger partial charge is 0.409 e. The van der Waals surface area contributed by atoms with Crippen LogP contribution in [0.5, 0.6) is 0 Å². The van der Waals surface area contributed by atoms with E-state index in [2.05, 4.69) is 10.3 Å². The number of aromatic nitrogens is 2. The molecule has 17 heavy (non-hydrogen) atoms. The van der Waals surface area contributed by atoms with Gasteiger partial charge in [0, 0.05) is 13.2 Å². The molecular formula is C10H9N3O4. The Labute approximate surface area is 95.7 Å². The number of amides is 1. The average molecular weight is 235 g/mol. The summed E-state index contributed by atoms with van der Waals surface area (Å²) in [6, 6.07) is 1.56. The highest BCUT2D eigenvalue weighted by Crippen LogP contribution is 2.23. The van der Waals surface area contributed by atoms with Gasteiger partial charge in [-0.25, -0.2) is 9.78 Å². The van der Waals surface area contributed by atoms with Gasteiger partial charge in [0.1, 0.15) is 5.69 Å². The number of hydrogen-bond donors (Lipinski definition) is 2. The maximum atomic E-state index is 10.5. The number of carbonyl (C=O) groups is 2. The molecule has 0 spiro atoms. The molecule has 7 heteroatoms. The molecule has 2 aromatic heterocycles. The Morgan fingerprint density at radius 3 is 3.00 bits per heavy atom. The Morgan fingerprint density at radius 2 is 2.41 bits per heavy atom. The lowest BCUT2D eigenvalue weighted by atomic mass is 10.4. The molecule has 0 aliphatic carbocycles. The summed E-state index contributed by atoms with van der Waals surface area (Å²) in [6.45, 7) is 0. The summed E-state index contributed by atoms with van der Waals surface area (Å²) in [5.41, 5.74) is 0.975. The summed E-state index contributed by atoms with van der Waals surface area (Å²) in [4.78, 5) is 24.8. The minimum Gasteiger partial charge on any atom is -0.465 e. The maximum Gasteiger partial charge on any atom is 0.409 e. The first-order chi connectivity index (χ1) is 8.10. The number of aldehydes is 1. The van der Waals surface area contributed by atoms with Crippen molar-refractivity contribution in [2.75, 3.05) is 5.32 Å². The van der Waals surface area contributed by atoms with Crippen LogP contribution in [0.15, 0.2) is 22.9 Å². The third-order valence-corrected chi connectivity index (χ3v) is 2.12. The molecule has 0 unspecified atom stereocenters. The predicted molar refractivity (Wildman–Crippen MR) is 57.9 cm³/mol. The van der Waals surface area contributed by atoms with E-state index in [1.54, 1.807) is 23.9 Å². The van der Waals surface area contributed by atoms with E-state index in [4.69, 9.17) is 9.52 Å². The van der Waals surface area contributed by atoms with E-state index in [1.165, 1.54) is 6.20 Å². The van der Waals surface area contributed by atoms with E-state index in [-0.39, 0.29) is 11.7 Å². The Bertz CT molecular complexity index is 570. The van der Waals surface area contributed by atoms with Crippen molar-refractivity contribution in [1.82, 2.24) is 9.55 Å². The number of nitrogens with one attached hydrogen (secondary N) is 1. The summed E-state index contributed by atoms with van der Waals surface area (Å²) in [5.74, 6) is 0.377. The fourth-order valence-corrected chi connectivity index (χ4v) is 1.43. The van der Waals surface area contributed by atoms with Gasteiger partial charge in [0.15, 0.2) is 12.0 Å². The standard InChI is InChI=1S/C10H9N3O4/c1-13-4-6(12-10(15)16)2-8(13)9-11-3-7(5-14)17-9/h2-5,12H,1H3,(H,15,16). The number of anilines is 1. The van der Waals surface area contributed by atoms with Gasteiger partial charge in [-0.05, 0) is 6.07 Å². The van der Waals surface area contributed by atoms with Gasteiger partial charge in [0.2, 0.25) is 5.89 Å². The molecule has 2 heterocycles. The first-order valence-corrected chi connectivity index (χ1v) is 4.68. The van der Waals surface area contributed by atoms with Crippen molar-refractivity contribution in [1.29, 1.82) is 0 Å². The van der Waals surface area contributed by atoms with Crippen LogP contribution in [-0.4, -0.2) is 27.0 Å². The lowest BCUT2D eigenvalue weighted by molar-refractivity contribution is 0.110. The molecule has 7 nitrogen and oxygen atoms in total. The van der Waals surface area contributed by atoms with Crippen LogP contribution in [-0.2, 0) is 7.05 Å². The molecule has 0 aromatic carbocycles. The van der Waals surface area contributed by atoms with Crippen molar-refractivity contribution < 1.29 is 19.1 Å². The Hall–Kier alpha value is -2.57. The van der Waals surface area contributed by atoms with E-state index in [0.29, 0.717) is 17.7 Å². The zero-order chi connectivity index (χ0) is 12.4. The van der Waals surface area contributed by atoms with Gasteiger partial charge in [0.05, 0.1) is 11.9 Å². The Balaban J connectivity index is 2.35. The summed E-state index contributed by atoms with van der Waals surface area (Å²) in [5, 5.41) is 10.8. The summed E-state index contributed by atoms with van der Waals surface area (Å²) in [7, 11) is 1.72. The summed E-state index contributed by atoms with van der Waals surface area (Å²) in [6.07, 6.45) is 2.28. The lowest BCUT2D eigenvalue weighted by Crippen LogP contribution is -2.05. The number of carbonyl (C=O) groups excluding carboxylic acids is 1. The van der Waals surface area contributed by atoms with Crippen molar-refractivity contribution in [2.24, 2.45) is 7.05 Å². The molecule has 0 saturated heterocycles. The number of hydrogen-bond acceptors (Lipinski definition) is 4. The van der Waals surface area contributed by atoms with Crippen molar-refractivity contribution >= 4 is 18.1 Å². The van der Waals surface area contributed by atoms with E-state index in [1.807, 2.05) is 0 Å². The van der Waals surface area contributed by atoms with Gasteiger partial charge < -0.3 is 14.1 Å². The number of rotatable bonds is 3. The normalized spacial score (nSPS) is 10.2. The van der Waals surface area contributed by atoms with Crippen LogP contribution in [0.4, 0.5) is 10.5 Å². The predicted octanol–water partition coefficient (Wildman–Crippen LogP) is 1.58. The third kappa shape index (κ3) is 2.17. The minimum atomic E-state index is -1.15. The van der Waals surface area contributed by atoms with Crippen molar-refractivity contribution in [3.63, 3.8) is 0 Å². The molecule has 0 aliphatic heterocycles. The topological polar surface area (TPSA) is 97.4 Å². The van der Waals surface area contributed by atoms with E-state index in [0.717, 1.165) is 0 Å². The third-order valence-electron chi connectivity index (χ3n) is 2.12. The largest absolute Gasteiger partial charge is 0.465 e. The Morgan fingerprint density at radius 1 is 1.65 bits per heavy atom. The fraction of sp³-hybridized carbons (Fsp3) is 0.100. The highest BCUT2D eigenvalue weighted by molar-refractivity contribution is 5.83. The van der Waals surface area contributed by atoms with Gasteiger partial charge in [0.25, 0.3) is 0 Å². The molecule has 88 valence electrons. The second-order valence-electron chi connectivity index (χ2n) is 3.34. The highest BCUT2D eigenvalue weighted by Gasteiger charge is 2.12. The molecule has 0 atom stereocenters. The van der Waals surface area contributed by atoms with Crippen LogP contribution in [0.3, 0.4) is 0 Å². The van der Waals surface area contributed by atoms with Crippen LogP contribution >= 0.6 is 0 Å². The number of aryl methyl sites for hydroxylation is 1. The number of nitrogens with zero attached hydrogens (tertiary/aromatic N) is 2. The first-order valence-electron chi connectivity index (χ1n) is 4.68. The van der Waals surface area contributed by atoms with Crippen molar-refractivity contribution in [3.8, 4) is 11.6 Å². The second kappa shape index (κ2) is 4.12.